The SMILES string of the molecule is CCc1ccc(-c2ncc[nH]c2=O)cc1. The molecule has 0 spiro atoms. The molecular formula is C12H12N2O. The first-order chi connectivity index (χ1) is 7.31. The smallest absolute Gasteiger partial charge is 0.274 e. The van der Waals surface area contributed by atoms with Gasteiger partial charge in [-0.1, -0.05) is 31.2 Å². The normalized spacial score (nSPS) is 10.2. The molecule has 0 amide bonds. The maximum Gasteiger partial charge on any atom is 0.274 e. The van der Waals surface area contributed by atoms with Crippen LogP contribution in [-0.2, 0) is 6.42 Å². The van der Waals surface area contributed by atoms with E-state index in [0.29, 0.717) is 5.69 Å². The van der Waals surface area contributed by atoms with Crippen LogP contribution in [0.25, 0.3) is 11.3 Å². The second-order valence-corrected chi connectivity index (χ2v) is 3.32. The third kappa shape index (κ3) is 1.96. The van der Waals surface area contributed by atoms with Gasteiger partial charge in [0.25, 0.3) is 5.56 Å². The van der Waals surface area contributed by atoms with Crippen molar-refractivity contribution in [3.8, 4) is 11.3 Å². The van der Waals surface area contributed by atoms with Gasteiger partial charge in [-0.15, -0.1) is 0 Å². The van der Waals surface area contributed by atoms with Crippen molar-refractivity contribution in [3.63, 3.8) is 0 Å². The molecule has 0 saturated carbocycles. The van der Waals surface area contributed by atoms with Crippen molar-refractivity contribution in [2.24, 2.45) is 0 Å². The number of hydrogen-bond acceptors (Lipinski definition) is 2. The topological polar surface area (TPSA) is 45.8 Å². The summed E-state index contributed by atoms with van der Waals surface area (Å²) in [5.41, 5.74) is 2.43. The third-order valence-electron chi connectivity index (χ3n) is 2.34. The zero-order valence-electron chi connectivity index (χ0n) is 8.53. The molecule has 0 aliphatic rings. The zero-order chi connectivity index (χ0) is 10.7. The van der Waals surface area contributed by atoms with Crippen molar-refractivity contribution in [2.45, 2.75) is 13.3 Å². The van der Waals surface area contributed by atoms with Crippen molar-refractivity contribution < 1.29 is 0 Å². The number of nitrogens with zero attached hydrogens (tertiary/aromatic N) is 1. The predicted molar refractivity (Wildman–Crippen MR) is 59.7 cm³/mol. The Morgan fingerprint density at radius 2 is 2.00 bits per heavy atom. The molecule has 0 bridgehead atoms. The van der Waals surface area contributed by atoms with E-state index in [-0.39, 0.29) is 5.56 Å². The van der Waals surface area contributed by atoms with Crippen molar-refractivity contribution >= 4 is 0 Å². The summed E-state index contributed by atoms with van der Waals surface area (Å²) in [6.07, 6.45) is 4.12. The first-order valence-electron chi connectivity index (χ1n) is 4.94. The van der Waals surface area contributed by atoms with Gasteiger partial charge in [0.2, 0.25) is 0 Å². The summed E-state index contributed by atoms with van der Waals surface area (Å²) in [4.78, 5) is 18.1. The quantitative estimate of drug-likeness (QED) is 0.805. The van der Waals surface area contributed by atoms with Gasteiger partial charge in [0.05, 0.1) is 0 Å². The summed E-state index contributed by atoms with van der Waals surface area (Å²) in [6.45, 7) is 2.10. The lowest BCUT2D eigenvalue weighted by Crippen LogP contribution is -2.09. The minimum atomic E-state index is -0.151. The second kappa shape index (κ2) is 4.09. The highest BCUT2D eigenvalue weighted by molar-refractivity contribution is 5.57. The molecule has 0 fully saturated rings. The van der Waals surface area contributed by atoms with Crippen LogP contribution in [0, 0.1) is 0 Å². The third-order valence-corrected chi connectivity index (χ3v) is 2.34. The molecule has 3 heteroatoms. The average Bonchev–Trinajstić information content (AvgIpc) is 2.30. The number of aromatic nitrogens is 2. The van der Waals surface area contributed by atoms with Crippen LogP contribution >= 0.6 is 0 Å². The van der Waals surface area contributed by atoms with Gasteiger partial charge in [-0.3, -0.25) is 4.79 Å². The Morgan fingerprint density at radius 3 is 2.60 bits per heavy atom. The van der Waals surface area contributed by atoms with Crippen LogP contribution < -0.4 is 5.56 Å². The summed E-state index contributed by atoms with van der Waals surface area (Å²) >= 11 is 0. The van der Waals surface area contributed by atoms with Crippen LogP contribution in [0.5, 0.6) is 0 Å². The largest absolute Gasteiger partial charge is 0.326 e. The second-order valence-electron chi connectivity index (χ2n) is 3.32. The molecule has 0 saturated heterocycles. The van der Waals surface area contributed by atoms with Crippen molar-refractivity contribution in [3.05, 3.63) is 52.6 Å². The van der Waals surface area contributed by atoms with Crippen LogP contribution in [0.3, 0.4) is 0 Å². The first-order valence-corrected chi connectivity index (χ1v) is 4.94. The fourth-order valence-corrected chi connectivity index (χ4v) is 1.46. The van der Waals surface area contributed by atoms with Gasteiger partial charge < -0.3 is 4.98 Å². The highest BCUT2D eigenvalue weighted by Gasteiger charge is 2.02. The Morgan fingerprint density at radius 1 is 1.27 bits per heavy atom. The number of nitrogens with one attached hydrogen (secondary N) is 1. The molecule has 0 aliphatic heterocycles. The lowest BCUT2D eigenvalue weighted by molar-refractivity contribution is 1.13. The summed E-state index contributed by atoms with van der Waals surface area (Å²) in [6, 6.07) is 7.89. The molecule has 15 heavy (non-hydrogen) atoms. The Kier molecular flexibility index (Phi) is 2.63. The maximum absolute atomic E-state index is 11.5. The average molecular weight is 200 g/mol. The number of aryl methyl sites for hydroxylation is 1. The van der Waals surface area contributed by atoms with Crippen molar-refractivity contribution in [1.82, 2.24) is 9.97 Å². The van der Waals surface area contributed by atoms with Crippen LogP contribution in [0.1, 0.15) is 12.5 Å². The fraction of sp³-hybridized carbons (Fsp3) is 0.167. The molecule has 0 aliphatic carbocycles. The van der Waals surface area contributed by atoms with Crippen LogP contribution in [-0.4, -0.2) is 9.97 Å². The fourth-order valence-electron chi connectivity index (χ4n) is 1.46. The Labute approximate surface area is 87.8 Å². The van der Waals surface area contributed by atoms with E-state index in [4.69, 9.17) is 0 Å². The molecule has 3 nitrogen and oxygen atoms in total. The highest BCUT2D eigenvalue weighted by atomic mass is 16.1. The van der Waals surface area contributed by atoms with Gasteiger partial charge in [-0.25, -0.2) is 4.98 Å². The minimum absolute atomic E-state index is 0.151. The Bertz CT molecular complexity index is 500. The van der Waals surface area contributed by atoms with Crippen LogP contribution in [0.4, 0.5) is 0 Å². The lowest BCUT2D eigenvalue weighted by Gasteiger charge is -2.00. The van der Waals surface area contributed by atoms with Gasteiger partial charge in [-0.05, 0) is 12.0 Å². The molecule has 1 heterocycles. The molecule has 76 valence electrons. The van der Waals surface area contributed by atoms with Gasteiger partial charge in [0.15, 0.2) is 0 Å². The van der Waals surface area contributed by atoms with E-state index in [2.05, 4.69) is 16.9 Å². The van der Waals surface area contributed by atoms with Crippen molar-refractivity contribution in [2.75, 3.05) is 0 Å². The van der Waals surface area contributed by atoms with E-state index in [0.717, 1.165) is 12.0 Å². The number of hydrogen-bond donors (Lipinski definition) is 1. The van der Waals surface area contributed by atoms with Gasteiger partial charge in [-0.2, -0.15) is 0 Å². The molecule has 1 aromatic heterocycles. The van der Waals surface area contributed by atoms with E-state index >= 15 is 0 Å². The maximum atomic E-state index is 11.5. The minimum Gasteiger partial charge on any atom is -0.326 e. The summed E-state index contributed by atoms with van der Waals surface area (Å²) in [5.74, 6) is 0. The van der Waals surface area contributed by atoms with Crippen LogP contribution in [0.15, 0.2) is 41.5 Å². The van der Waals surface area contributed by atoms with Crippen LogP contribution in [0.2, 0.25) is 0 Å². The summed E-state index contributed by atoms with van der Waals surface area (Å²) < 4.78 is 0. The molecule has 0 radical (unpaired) electrons. The van der Waals surface area contributed by atoms with E-state index in [9.17, 15) is 4.79 Å². The Hall–Kier alpha value is -1.90. The molecule has 0 unspecified atom stereocenters. The standard InChI is InChI=1S/C12H12N2O/c1-2-9-3-5-10(6-4-9)11-12(15)14-8-7-13-11/h3-8H,2H2,1H3,(H,14,15). The Balaban J connectivity index is 2.46. The molecule has 2 aromatic rings. The van der Waals surface area contributed by atoms with Gasteiger partial charge in [0, 0.05) is 18.0 Å². The number of H-pyrrole nitrogens is 1. The number of rotatable bonds is 2. The highest BCUT2D eigenvalue weighted by Crippen LogP contribution is 2.13. The van der Waals surface area contributed by atoms with Gasteiger partial charge >= 0.3 is 0 Å². The molecule has 0 atom stereocenters. The summed E-state index contributed by atoms with van der Waals surface area (Å²) in [5, 5.41) is 0. The van der Waals surface area contributed by atoms with Crippen molar-refractivity contribution in [1.29, 1.82) is 0 Å². The number of benzene rings is 1. The molecule has 1 aromatic carbocycles. The first kappa shape index (κ1) is 9.65. The number of aromatic amines is 1. The van der Waals surface area contributed by atoms with E-state index < -0.39 is 0 Å². The van der Waals surface area contributed by atoms with E-state index in [1.165, 1.54) is 11.8 Å². The molecular weight excluding hydrogens is 188 g/mol. The molecule has 2 rings (SSSR count). The monoisotopic (exact) mass is 200 g/mol. The molecule has 1 N–H and O–H groups in total. The lowest BCUT2D eigenvalue weighted by atomic mass is 10.1. The van der Waals surface area contributed by atoms with E-state index in [1.807, 2.05) is 24.3 Å². The van der Waals surface area contributed by atoms with E-state index in [1.54, 1.807) is 6.20 Å². The predicted octanol–water partition coefficient (Wildman–Crippen LogP) is 2.00. The summed E-state index contributed by atoms with van der Waals surface area (Å²) in [7, 11) is 0. The van der Waals surface area contributed by atoms with Gasteiger partial charge in [0.1, 0.15) is 5.69 Å². The zero-order valence-corrected chi connectivity index (χ0v) is 8.53.